The average molecular weight is 548 g/mol. The van der Waals surface area contributed by atoms with Crippen LogP contribution in [0.25, 0.3) is 0 Å². The molecule has 0 radical (unpaired) electrons. The van der Waals surface area contributed by atoms with Crippen molar-refractivity contribution in [1.29, 1.82) is 0 Å². The fourth-order valence-electron chi connectivity index (χ4n) is 5.64. The molecule has 3 heterocycles. The van der Waals surface area contributed by atoms with E-state index in [2.05, 4.69) is 56.2 Å². The smallest absolute Gasteiger partial charge is 0.407 e. The van der Waals surface area contributed by atoms with Gasteiger partial charge in [0.2, 0.25) is 0 Å². The normalized spacial score (nSPS) is 25.6. The Kier molecular flexibility index (Phi) is 8.43. The molecule has 1 aromatic rings. The van der Waals surface area contributed by atoms with Crippen LogP contribution in [0.5, 0.6) is 11.5 Å². The fraction of sp³-hybridized carbons (Fsp3) is 0.759. The van der Waals surface area contributed by atoms with Gasteiger partial charge >= 0.3 is 6.09 Å². The maximum atomic E-state index is 12.4. The molecule has 3 N–H and O–H groups in total. The molecule has 3 aliphatic rings. The first kappa shape index (κ1) is 29.2. The quantitative estimate of drug-likeness (QED) is 0.443. The van der Waals surface area contributed by atoms with Gasteiger partial charge in [-0.1, -0.05) is 26.8 Å². The lowest BCUT2D eigenvalue weighted by Crippen LogP contribution is -2.55. The van der Waals surface area contributed by atoms with E-state index in [1.807, 2.05) is 26.8 Å². The maximum absolute atomic E-state index is 12.4. The summed E-state index contributed by atoms with van der Waals surface area (Å²) in [5, 5.41) is 3.17. The highest BCUT2D eigenvalue weighted by molar-refractivity contribution is 6.74. The van der Waals surface area contributed by atoms with E-state index in [0.29, 0.717) is 25.3 Å². The summed E-state index contributed by atoms with van der Waals surface area (Å²) in [7, 11) is -2.11. The molecule has 214 valence electrons. The van der Waals surface area contributed by atoms with Crippen LogP contribution in [0, 0.1) is 0 Å². The minimum atomic E-state index is -2.11. The van der Waals surface area contributed by atoms with Gasteiger partial charge in [-0.25, -0.2) is 4.79 Å². The Balaban J connectivity index is 1.48. The molecule has 0 saturated carbocycles. The summed E-state index contributed by atoms with van der Waals surface area (Å²) in [6.07, 6.45) is 3.52. The van der Waals surface area contributed by atoms with Crippen LogP contribution in [0.15, 0.2) is 18.2 Å². The number of alkyl carbamates (subject to hydrolysis) is 1. The molecule has 8 nitrogen and oxygen atoms in total. The molecule has 0 aliphatic carbocycles. The van der Waals surface area contributed by atoms with Crippen LogP contribution in [0.4, 0.5) is 4.79 Å². The summed E-state index contributed by atoms with van der Waals surface area (Å²) in [5.74, 6) is 1.54. The third kappa shape index (κ3) is 6.84. The average Bonchev–Trinajstić information content (AvgIpc) is 3.02. The predicted octanol–water partition coefficient (Wildman–Crippen LogP) is 5.37. The lowest BCUT2D eigenvalue weighted by atomic mass is 9.95. The highest BCUT2D eigenvalue weighted by Gasteiger charge is 2.45. The van der Waals surface area contributed by atoms with Gasteiger partial charge in [0.05, 0.1) is 6.10 Å². The molecule has 4 atom stereocenters. The largest absolute Gasteiger partial charge is 0.486 e. The number of nitrogens with zero attached hydrogens (tertiary/aromatic N) is 1. The van der Waals surface area contributed by atoms with Crippen LogP contribution in [-0.2, 0) is 9.16 Å². The SMILES string of the molecule is CC(C)(C)OC(=O)NC1CC2CCC(C1)N2C[C@@H](N)[C@H](O[Si](C)(C)C(C)(C)C)c1ccc2c(c1)OCCO2. The Bertz CT molecular complexity index is 975. The minimum absolute atomic E-state index is 0.0590. The van der Waals surface area contributed by atoms with Gasteiger partial charge in [0, 0.05) is 30.7 Å². The number of ether oxygens (including phenoxy) is 3. The minimum Gasteiger partial charge on any atom is -0.486 e. The number of hydrogen-bond acceptors (Lipinski definition) is 7. The van der Waals surface area contributed by atoms with Gasteiger partial charge in [0.25, 0.3) is 0 Å². The summed E-state index contributed by atoms with van der Waals surface area (Å²) >= 11 is 0. The van der Waals surface area contributed by atoms with Crippen LogP contribution >= 0.6 is 0 Å². The van der Waals surface area contributed by atoms with Crippen molar-refractivity contribution in [2.24, 2.45) is 5.73 Å². The molecular formula is C29H49N3O5Si. The Morgan fingerprint density at radius 3 is 2.26 bits per heavy atom. The van der Waals surface area contributed by atoms with Crippen molar-refractivity contribution in [3.05, 3.63) is 23.8 Å². The Morgan fingerprint density at radius 2 is 1.68 bits per heavy atom. The second kappa shape index (κ2) is 11.0. The Hall–Kier alpha value is -1.81. The third-order valence-corrected chi connectivity index (χ3v) is 13.0. The number of amides is 1. The number of nitrogens with two attached hydrogens (primary N) is 1. The van der Waals surface area contributed by atoms with Crippen LogP contribution in [0.3, 0.4) is 0 Å². The van der Waals surface area contributed by atoms with Gasteiger partial charge in [0.15, 0.2) is 19.8 Å². The number of carbonyl (C=O) groups is 1. The van der Waals surface area contributed by atoms with Gasteiger partial charge < -0.3 is 29.7 Å². The second-order valence-electron chi connectivity index (χ2n) is 13.8. The summed E-state index contributed by atoms with van der Waals surface area (Å²) in [6.45, 7) is 18.9. The van der Waals surface area contributed by atoms with Crippen LogP contribution in [0.1, 0.15) is 78.9 Å². The number of piperidine rings is 1. The van der Waals surface area contributed by atoms with Crippen molar-refractivity contribution >= 4 is 14.4 Å². The Morgan fingerprint density at radius 1 is 1.08 bits per heavy atom. The van der Waals surface area contributed by atoms with E-state index >= 15 is 0 Å². The van der Waals surface area contributed by atoms with Crippen LogP contribution in [0.2, 0.25) is 18.1 Å². The summed E-state index contributed by atoms with van der Waals surface area (Å²) in [4.78, 5) is 15.0. The number of rotatable bonds is 7. The first-order chi connectivity index (χ1) is 17.6. The first-order valence-corrected chi connectivity index (χ1v) is 17.1. The van der Waals surface area contributed by atoms with Crippen molar-refractivity contribution in [3.8, 4) is 11.5 Å². The summed E-state index contributed by atoms with van der Waals surface area (Å²) in [5.41, 5.74) is 7.58. The lowest BCUT2D eigenvalue weighted by Gasteiger charge is -2.44. The van der Waals surface area contributed by atoms with E-state index in [9.17, 15) is 4.79 Å². The molecule has 1 aromatic carbocycles. The highest BCUT2D eigenvalue weighted by atomic mass is 28.4. The highest BCUT2D eigenvalue weighted by Crippen LogP contribution is 2.43. The fourth-order valence-corrected chi connectivity index (χ4v) is 6.94. The van der Waals surface area contributed by atoms with Crippen molar-refractivity contribution < 1.29 is 23.4 Å². The molecular weight excluding hydrogens is 498 g/mol. The number of fused-ring (bicyclic) bond motifs is 3. The van der Waals surface area contributed by atoms with Crippen molar-refractivity contribution in [1.82, 2.24) is 10.2 Å². The molecule has 0 spiro atoms. The van der Waals surface area contributed by atoms with Crippen molar-refractivity contribution in [2.75, 3.05) is 19.8 Å². The zero-order valence-electron chi connectivity index (χ0n) is 24.6. The van der Waals surface area contributed by atoms with Gasteiger partial charge in [-0.2, -0.15) is 0 Å². The number of carbonyl (C=O) groups excluding carboxylic acids is 1. The maximum Gasteiger partial charge on any atom is 0.407 e. The van der Waals surface area contributed by atoms with Crippen molar-refractivity contribution in [3.63, 3.8) is 0 Å². The predicted molar refractivity (Wildman–Crippen MR) is 152 cm³/mol. The molecule has 2 saturated heterocycles. The molecule has 38 heavy (non-hydrogen) atoms. The second-order valence-corrected chi connectivity index (χ2v) is 18.5. The van der Waals surface area contributed by atoms with E-state index in [1.165, 1.54) is 0 Å². The van der Waals surface area contributed by atoms with Gasteiger partial charge in [0.1, 0.15) is 18.8 Å². The van der Waals surface area contributed by atoms with Gasteiger partial charge in [-0.15, -0.1) is 0 Å². The van der Waals surface area contributed by atoms with Crippen LogP contribution < -0.4 is 20.5 Å². The molecule has 4 rings (SSSR count). The van der Waals surface area contributed by atoms with E-state index in [-0.39, 0.29) is 29.3 Å². The molecule has 1 amide bonds. The lowest BCUT2D eigenvalue weighted by molar-refractivity contribution is 0.0413. The molecule has 0 aromatic heterocycles. The zero-order chi connectivity index (χ0) is 27.9. The number of benzene rings is 1. The van der Waals surface area contributed by atoms with E-state index in [0.717, 1.165) is 49.3 Å². The van der Waals surface area contributed by atoms with Crippen molar-refractivity contribution in [2.45, 2.75) is 121 Å². The molecule has 9 heteroatoms. The zero-order valence-corrected chi connectivity index (χ0v) is 25.6. The van der Waals surface area contributed by atoms with E-state index < -0.39 is 13.9 Å². The standard InChI is InChI=1S/C29H49N3O5Si/c1-28(2,3)36-27(33)31-20-16-21-10-11-22(17-20)32(21)18-23(30)26(37-38(7,8)29(4,5)6)19-9-12-24-25(15-19)35-14-13-34-24/h9,12,15,20-23,26H,10-11,13-14,16-18,30H2,1-8H3,(H,31,33)/t20?,21?,22?,23-,26-/m1/s1. The molecule has 3 aliphatic heterocycles. The topological polar surface area (TPSA) is 95.3 Å². The summed E-state index contributed by atoms with van der Waals surface area (Å²) < 4.78 is 24.2. The molecule has 2 unspecified atom stereocenters. The van der Waals surface area contributed by atoms with Crippen LogP contribution in [-0.4, -0.2) is 68.8 Å². The van der Waals surface area contributed by atoms with Gasteiger partial charge in [-0.3, -0.25) is 4.90 Å². The monoisotopic (exact) mass is 547 g/mol. The van der Waals surface area contributed by atoms with E-state index in [4.69, 9.17) is 24.4 Å². The first-order valence-electron chi connectivity index (χ1n) is 14.2. The molecule has 2 bridgehead atoms. The Labute approximate surface area is 230 Å². The van der Waals surface area contributed by atoms with E-state index in [1.54, 1.807) is 0 Å². The number of nitrogens with one attached hydrogen (secondary N) is 1. The molecule has 2 fully saturated rings. The summed E-state index contributed by atoms with van der Waals surface area (Å²) in [6, 6.07) is 6.84. The van der Waals surface area contributed by atoms with Gasteiger partial charge in [-0.05, 0) is 82.3 Å². The third-order valence-electron chi connectivity index (χ3n) is 8.54. The number of hydrogen-bond donors (Lipinski definition) is 2.